The molecule has 1 saturated carbocycles. The number of hydrogen-bond acceptors (Lipinski definition) is 9. The van der Waals surface area contributed by atoms with Gasteiger partial charge in [0.25, 0.3) is 0 Å². The number of nitrogens with zero attached hydrogens (tertiary/aromatic N) is 3. The standard InChI is InChI=1S/C33H44F2N4O7/c1-7-21-25-16-39(26(21)18(2)40)30(41)28(32(3,4)5)38-31(42)46-24-10-8-9-19(24)13-14-44-17-33(34,35)27-29(45-25)37-23-15-20(43-6)11-12-22(23)36-27/h11-12,15,19,21,24-26,28H,7-10,13-14,16-17H2,1-6H3,(H,38,42)/t19-,21+,24+,25-,26+,28+/m0/s1. The molecule has 0 spiro atoms. The van der Waals surface area contributed by atoms with Gasteiger partial charge in [0.15, 0.2) is 11.5 Å². The van der Waals surface area contributed by atoms with E-state index in [4.69, 9.17) is 18.9 Å². The Bertz CT molecular complexity index is 1470. The lowest BCUT2D eigenvalue weighted by Crippen LogP contribution is -2.57. The zero-order chi connectivity index (χ0) is 33.4. The van der Waals surface area contributed by atoms with E-state index in [1.807, 2.05) is 27.7 Å². The van der Waals surface area contributed by atoms with Crippen LogP contribution in [0.2, 0.25) is 0 Å². The first-order valence-corrected chi connectivity index (χ1v) is 16.0. The van der Waals surface area contributed by atoms with E-state index in [1.165, 1.54) is 18.9 Å². The first-order valence-electron chi connectivity index (χ1n) is 16.0. The zero-order valence-corrected chi connectivity index (χ0v) is 27.3. The second kappa shape index (κ2) is 13.2. The minimum Gasteiger partial charge on any atom is -0.497 e. The van der Waals surface area contributed by atoms with Crippen LogP contribution in [-0.4, -0.2) is 83.8 Å². The molecule has 5 rings (SSSR count). The van der Waals surface area contributed by atoms with Crippen LogP contribution in [0.4, 0.5) is 13.6 Å². The second-order valence-corrected chi connectivity index (χ2v) is 13.6. The average Bonchev–Trinajstić information content (AvgIpc) is 3.59. The number of aromatic nitrogens is 2. The number of ketones is 1. The van der Waals surface area contributed by atoms with Crippen molar-refractivity contribution in [2.24, 2.45) is 17.3 Å². The van der Waals surface area contributed by atoms with Gasteiger partial charge in [-0.15, -0.1) is 0 Å². The van der Waals surface area contributed by atoms with E-state index in [0.29, 0.717) is 25.0 Å². The number of alkyl carbamates (subject to hydrolysis) is 1. The molecule has 2 fully saturated rings. The van der Waals surface area contributed by atoms with Gasteiger partial charge in [0.05, 0.1) is 30.7 Å². The molecular weight excluding hydrogens is 602 g/mol. The first kappa shape index (κ1) is 33.7. The smallest absolute Gasteiger partial charge is 0.408 e. The third kappa shape index (κ3) is 6.89. The number of methoxy groups -OCH3 is 1. The maximum absolute atomic E-state index is 16.0. The third-order valence-electron chi connectivity index (χ3n) is 9.35. The number of amides is 2. The summed E-state index contributed by atoms with van der Waals surface area (Å²) in [6.07, 6.45) is 0.964. The van der Waals surface area contributed by atoms with Crippen molar-refractivity contribution < 1.29 is 42.1 Å². The van der Waals surface area contributed by atoms with E-state index in [-0.39, 0.29) is 35.9 Å². The molecule has 1 N–H and O–H groups in total. The average molecular weight is 647 g/mol. The van der Waals surface area contributed by atoms with Gasteiger partial charge in [-0.05, 0) is 62.5 Å². The summed E-state index contributed by atoms with van der Waals surface area (Å²) in [6.45, 7) is 7.64. The van der Waals surface area contributed by atoms with Crippen molar-refractivity contribution in [3.63, 3.8) is 0 Å². The van der Waals surface area contributed by atoms with Crippen LogP contribution >= 0.6 is 0 Å². The molecule has 2 aliphatic heterocycles. The van der Waals surface area contributed by atoms with Gasteiger partial charge >= 0.3 is 12.0 Å². The number of carbonyl (C=O) groups is 3. The Hall–Kier alpha value is -3.61. The Morgan fingerprint density at radius 2 is 1.87 bits per heavy atom. The molecule has 0 radical (unpaired) electrons. The molecule has 6 atom stereocenters. The minimum atomic E-state index is -3.58. The van der Waals surface area contributed by atoms with Crippen LogP contribution in [0.5, 0.6) is 11.6 Å². The Balaban J connectivity index is 1.60. The summed E-state index contributed by atoms with van der Waals surface area (Å²) in [6, 6.07) is 2.78. The Morgan fingerprint density at radius 1 is 1.11 bits per heavy atom. The number of ether oxygens (including phenoxy) is 4. The van der Waals surface area contributed by atoms with Crippen LogP contribution in [0.1, 0.15) is 72.4 Å². The van der Waals surface area contributed by atoms with Crippen molar-refractivity contribution in [2.75, 3.05) is 26.9 Å². The van der Waals surface area contributed by atoms with E-state index in [2.05, 4.69) is 15.3 Å². The van der Waals surface area contributed by atoms with Gasteiger partial charge in [0, 0.05) is 18.6 Å². The molecule has 3 aliphatic rings. The molecule has 11 nitrogen and oxygen atoms in total. The van der Waals surface area contributed by atoms with Gasteiger partial charge in [-0.3, -0.25) is 9.59 Å². The molecular formula is C33H44F2N4O7. The quantitative estimate of drug-likeness (QED) is 0.488. The summed E-state index contributed by atoms with van der Waals surface area (Å²) in [5.74, 6) is -4.91. The normalized spacial score (nSPS) is 29.1. The van der Waals surface area contributed by atoms with Crippen LogP contribution in [0, 0.1) is 17.3 Å². The summed E-state index contributed by atoms with van der Waals surface area (Å²) in [5, 5.41) is 2.79. The first-order chi connectivity index (χ1) is 21.7. The van der Waals surface area contributed by atoms with Gasteiger partial charge in [-0.25, -0.2) is 14.8 Å². The van der Waals surface area contributed by atoms with Crippen LogP contribution in [0.3, 0.4) is 0 Å². The van der Waals surface area contributed by atoms with E-state index in [9.17, 15) is 14.4 Å². The molecule has 46 heavy (non-hydrogen) atoms. The summed E-state index contributed by atoms with van der Waals surface area (Å²) in [5.41, 5.74) is -0.939. The van der Waals surface area contributed by atoms with E-state index in [0.717, 1.165) is 12.8 Å². The number of alkyl halides is 2. The van der Waals surface area contributed by atoms with Crippen molar-refractivity contribution in [2.45, 2.75) is 96.9 Å². The van der Waals surface area contributed by atoms with E-state index >= 15 is 8.78 Å². The summed E-state index contributed by atoms with van der Waals surface area (Å²) >= 11 is 0. The predicted octanol–water partition coefficient (Wildman–Crippen LogP) is 5.03. The van der Waals surface area contributed by atoms with Gasteiger partial charge in [0.2, 0.25) is 11.8 Å². The molecule has 1 aromatic heterocycles. The number of hydrogen-bond donors (Lipinski definition) is 1. The molecule has 1 aromatic carbocycles. The highest BCUT2D eigenvalue weighted by Gasteiger charge is 2.51. The van der Waals surface area contributed by atoms with Gasteiger partial charge < -0.3 is 29.2 Å². The third-order valence-corrected chi connectivity index (χ3v) is 9.35. The second-order valence-electron chi connectivity index (χ2n) is 13.6. The summed E-state index contributed by atoms with van der Waals surface area (Å²) in [7, 11) is 1.48. The van der Waals surface area contributed by atoms with Crippen LogP contribution in [0.15, 0.2) is 18.2 Å². The molecule has 252 valence electrons. The van der Waals surface area contributed by atoms with Crippen molar-refractivity contribution >= 4 is 28.8 Å². The van der Waals surface area contributed by atoms with Gasteiger partial charge in [-0.2, -0.15) is 8.78 Å². The van der Waals surface area contributed by atoms with Crippen molar-refractivity contribution in [1.29, 1.82) is 0 Å². The highest BCUT2D eigenvalue weighted by atomic mass is 19.3. The number of halogens is 2. The fourth-order valence-corrected chi connectivity index (χ4v) is 6.94. The highest BCUT2D eigenvalue weighted by Crippen LogP contribution is 2.39. The molecule has 2 bridgehead atoms. The predicted molar refractivity (Wildman–Crippen MR) is 164 cm³/mol. The molecule has 2 amide bonds. The maximum atomic E-state index is 16.0. The fourth-order valence-electron chi connectivity index (χ4n) is 6.94. The number of nitrogens with one attached hydrogen (secondary N) is 1. The number of rotatable bonds is 3. The zero-order valence-electron chi connectivity index (χ0n) is 27.3. The summed E-state index contributed by atoms with van der Waals surface area (Å²) in [4.78, 5) is 50.7. The molecule has 2 aromatic rings. The lowest BCUT2D eigenvalue weighted by Gasteiger charge is -2.35. The number of Topliss-reactive ketones (excluding diaryl/α,β-unsaturated/α-hetero) is 1. The molecule has 1 saturated heterocycles. The fraction of sp³-hybridized carbons (Fsp3) is 0.667. The Morgan fingerprint density at radius 3 is 2.54 bits per heavy atom. The van der Waals surface area contributed by atoms with Gasteiger partial charge in [0.1, 0.15) is 30.6 Å². The SMILES string of the molecule is CC[C@@H]1[C@@H]2CN(C(=O)[C@H](C(C)(C)C)NC(=O)O[C@@H]3CCC[C@H]3CCOCC(F)(F)c3nc4ccc(OC)cc4nc3O2)[C@@H]1C(C)=O. The number of benzene rings is 1. The molecule has 3 heterocycles. The van der Waals surface area contributed by atoms with Crippen LogP contribution in [-0.2, 0) is 25.0 Å². The van der Waals surface area contributed by atoms with Crippen molar-refractivity contribution in [1.82, 2.24) is 20.2 Å². The van der Waals surface area contributed by atoms with Crippen LogP contribution in [0.25, 0.3) is 11.0 Å². The number of fused-ring (bicyclic) bond motifs is 5. The highest BCUT2D eigenvalue weighted by molar-refractivity contribution is 5.92. The molecule has 0 unspecified atom stereocenters. The van der Waals surface area contributed by atoms with E-state index in [1.54, 1.807) is 18.2 Å². The van der Waals surface area contributed by atoms with E-state index < -0.39 is 71.7 Å². The lowest BCUT2D eigenvalue weighted by atomic mass is 9.85. The Kier molecular flexibility index (Phi) is 9.72. The van der Waals surface area contributed by atoms with Crippen molar-refractivity contribution in [3.8, 4) is 11.6 Å². The van der Waals surface area contributed by atoms with Crippen LogP contribution < -0.4 is 14.8 Å². The molecule has 1 aliphatic carbocycles. The summed E-state index contributed by atoms with van der Waals surface area (Å²) < 4.78 is 54.8. The Labute approximate surface area is 267 Å². The largest absolute Gasteiger partial charge is 0.497 e. The monoisotopic (exact) mass is 646 g/mol. The topological polar surface area (TPSA) is 129 Å². The number of carbonyl (C=O) groups excluding carboxylic acids is 3. The van der Waals surface area contributed by atoms with Crippen molar-refractivity contribution in [3.05, 3.63) is 23.9 Å². The van der Waals surface area contributed by atoms with Gasteiger partial charge in [-0.1, -0.05) is 27.7 Å². The molecule has 13 heteroatoms. The minimum absolute atomic E-state index is 0.0228. The lowest BCUT2D eigenvalue weighted by molar-refractivity contribution is -0.141. The maximum Gasteiger partial charge on any atom is 0.408 e.